The lowest BCUT2D eigenvalue weighted by atomic mass is 10.00. The monoisotopic (exact) mass is 227 g/mol. The summed E-state index contributed by atoms with van der Waals surface area (Å²) >= 11 is 5.97. The highest BCUT2D eigenvalue weighted by Crippen LogP contribution is 2.26. The summed E-state index contributed by atoms with van der Waals surface area (Å²) in [6, 6.07) is 3.69. The predicted molar refractivity (Wildman–Crippen MR) is 60.9 cm³/mol. The average Bonchev–Trinajstić information content (AvgIpc) is 2.71. The van der Waals surface area contributed by atoms with Gasteiger partial charge in [-0.15, -0.1) is 0 Å². The van der Waals surface area contributed by atoms with Crippen molar-refractivity contribution in [1.29, 1.82) is 0 Å². The molecule has 1 aliphatic rings. The van der Waals surface area contributed by atoms with Gasteiger partial charge in [-0.1, -0.05) is 17.7 Å². The van der Waals surface area contributed by atoms with E-state index in [4.69, 9.17) is 11.6 Å². The summed E-state index contributed by atoms with van der Waals surface area (Å²) in [5, 5.41) is 3.69. The molecule has 0 aromatic heterocycles. The second-order valence-electron chi connectivity index (χ2n) is 4.15. The summed E-state index contributed by atoms with van der Waals surface area (Å²) in [4.78, 5) is 0. The molecule has 2 rings (SSSR count). The second kappa shape index (κ2) is 4.50. The van der Waals surface area contributed by atoms with Gasteiger partial charge in [0.25, 0.3) is 0 Å². The summed E-state index contributed by atoms with van der Waals surface area (Å²) in [6.45, 7) is 3.05. The van der Waals surface area contributed by atoms with Crippen molar-refractivity contribution < 1.29 is 4.39 Å². The molecule has 1 fully saturated rings. The maximum Gasteiger partial charge on any atom is 0.142 e. The van der Waals surface area contributed by atoms with E-state index < -0.39 is 0 Å². The first-order valence-electron chi connectivity index (χ1n) is 5.35. The Bertz CT molecular complexity index is 359. The van der Waals surface area contributed by atoms with E-state index in [2.05, 4.69) is 5.32 Å². The molecule has 1 heterocycles. The molecule has 1 nitrogen and oxygen atoms in total. The number of rotatable bonds is 2. The highest BCUT2D eigenvalue weighted by atomic mass is 35.5. The summed E-state index contributed by atoms with van der Waals surface area (Å²) in [5.74, 6) is -0.310. The van der Waals surface area contributed by atoms with E-state index in [1.807, 2.05) is 6.92 Å². The van der Waals surface area contributed by atoms with E-state index in [0.29, 0.717) is 11.1 Å². The van der Waals surface area contributed by atoms with Crippen molar-refractivity contribution in [3.8, 4) is 0 Å². The first-order valence-corrected chi connectivity index (χ1v) is 5.73. The van der Waals surface area contributed by atoms with Gasteiger partial charge >= 0.3 is 0 Å². The Morgan fingerprint density at radius 2 is 2.33 bits per heavy atom. The van der Waals surface area contributed by atoms with Gasteiger partial charge in [0.05, 0.1) is 5.02 Å². The zero-order chi connectivity index (χ0) is 10.8. The fourth-order valence-electron chi connectivity index (χ4n) is 2.12. The first-order chi connectivity index (χ1) is 7.18. The number of halogens is 2. The lowest BCUT2D eigenvalue weighted by Crippen LogP contribution is -2.24. The lowest BCUT2D eigenvalue weighted by molar-refractivity contribution is 0.591. The zero-order valence-corrected chi connectivity index (χ0v) is 9.57. The van der Waals surface area contributed by atoms with Gasteiger partial charge in [0.15, 0.2) is 0 Å². The molecule has 1 aromatic rings. The van der Waals surface area contributed by atoms with Gasteiger partial charge in [-0.2, -0.15) is 0 Å². The Balaban J connectivity index is 2.22. The third kappa shape index (κ3) is 2.32. The van der Waals surface area contributed by atoms with Crippen LogP contribution < -0.4 is 5.32 Å². The predicted octanol–water partition coefficient (Wildman–Crippen LogP) is 3.08. The van der Waals surface area contributed by atoms with Gasteiger partial charge in [-0.25, -0.2) is 4.39 Å². The molecule has 3 heteroatoms. The second-order valence-corrected chi connectivity index (χ2v) is 4.53. The van der Waals surface area contributed by atoms with E-state index >= 15 is 0 Å². The molecule has 1 aliphatic heterocycles. The van der Waals surface area contributed by atoms with Crippen molar-refractivity contribution in [2.75, 3.05) is 6.54 Å². The van der Waals surface area contributed by atoms with E-state index in [1.165, 1.54) is 12.5 Å². The van der Waals surface area contributed by atoms with Gasteiger partial charge in [0.2, 0.25) is 0 Å². The molecule has 1 saturated heterocycles. The van der Waals surface area contributed by atoms with Crippen molar-refractivity contribution in [2.45, 2.75) is 32.2 Å². The minimum Gasteiger partial charge on any atom is -0.314 e. The van der Waals surface area contributed by atoms with Crippen LogP contribution in [0.25, 0.3) is 0 Å². The van der Waals surface area contributed by atoms with Crippen LogP contribution in [0.3, 0.4) is 0 Å². The Kier molecular flexibility index (Phi) is 3.27. The highest BCUT2D eigenvalue weighted by Gasteiger charge is 2.18. The van der Waals surface area contributed by atoms with Gasteiger partial charge in [-0.05, 0) is 49.9 Å². The van der Waals surface area contributed by atoms with Crippen LogP contribution in [-0.2, 0) is 6.42 Å². The number of nitrogens with one attached hydrogen (secondary N) is 1. The molecule has 0 aliphatic carbocycles. The quantitative estimate of drug-likeness (QED) is 0.819. The Labute approximate surface area is 94.6 Å². The van der Waals surface area contributed by atoms with Crippen LogP contribution >= 0.6 is 11.6 Å². The smallest absolute Gasteiger partial charge is 0.142 e. The van der Waals surface area contributed by atoms with Crippen LogP contribution in [0.15, 0.2) is 12.1 Å². The van der Waals surface area contributed by atoms with E-state index in [-0.39, 0.29) is 5.82 Å². The van der Waals surface area contributed by atoms with Crippen molar-refractivity contribution in [3.63, 3.8) is 0 Å². The zero-order valence-electron chi connectivity index (χ0n) is 8.82. The molecule has 15 heavy (non-hydrogen) atoms. The molecular weight excluding hydrogens is 213 g/mol. The van der Waals surface area contributed by atoms with Crippen molar-refractivity contribution in [2.24, 2.45) is 0 Å². The van der Waals surface area contributed by atoms with Crippen LogP contribution in [0, 0.1) is 12.7 Å². The van der Waals surface area contributed by atoms with Crippen LogP contribution in [0.2, 0.25) is 5.02 Å². The summed E-state index contributed by atoms with van der Waals surface area (Å²) < 4.78 is 13.3. The SMILES string of the molecule is Cc1ccc(F)c(Cl)c1CC1CCCN1. The number of hydrogen-bond acceptors (Lipinski definition) is 1. The normalized spacial score (nSPS) is 20.9. The van der Waals surface area contributed by atoms with Gasteiger partial charge in [0, 0.05) is 6.04 Å². The third-order valence-corrected chi connectivity index (χ3v) is 3.45. The molecule has 82 valence electrons. The number of benzene rings is 1. The Hall–Kier alpha value is -0.600. The molecule has 1 N–H and O–H groups in total. The molecule has 0 radical (unpaired) electrons. The molecule has 0 amide bonds. The first kappa shape index (κ1) is 10.9. The average molecular weight is 228 g/mol. The van der Waals surface area contributed by atoms with Crippen LogP contribution in [-0.4, -0.2) is 12.6 Å². The molecule has 0 spiro atoms. The van der Waals surface area contributed by atoms with Crippen LogP contribution in [0.4, 0.5) is 4.39 Å². The Morgan fingerprint density at radius 1 is 1.53 bits per heavy atom. The lowest BCUT2D eigenvalue weighted by Gasteiger charge is -2.14. The van der Waals surface area contributed by atoms with Gasteiger partial charge in [-0.3, -0.25) is 0 Å². The van der Waals surface area contributed by atoms with Gasteiger partial charge in [0.1, 0.15) is 5.82 Å². The molecule has 1 aromatic carbocycles. The van der Waals surface area contributed by atoms with E-state index in [9.17, 15) is 4.39 Å². The summed E-state index contributed by atoms with van der Waals surface area (Å²) in [7, 11) is 0. The largest absolute Gasteiger partial charge is 0.314 e. The molecule has 1 unspecified atom stereocenters. The maximum atomic E-state index is 13.3. The third-order valence-electron chi connectivity index (χ3n) is 3.04. The fourth-order valence-corrected chi connectivity index (χ4v) is 2.41. The number of hydrogen-bond donors (Lipinski definition) is 1. The van der Waals surface area contributed by atoms with E-state index in [1.54, 1.807) is 6.07 Å². The molecule has 0 bridgehead atoms. The Morgan fingerprint density at radius 3 is 3.00 bits per heavy atom. The minimum absolute atomic E-state index is 0.295. The van der Waals surface area contributed by atoms with Crippen LogP contribution in [0.5, 0.6) is 0 Å². The highest BCUT2D eigenvalue weighted by molar-refractivity contribution is 6.31. The maximum absolute atomic E-state index is 13.3. The summed E-state index contributed by atoms with van der Waals surface area (Å²) in [5.41, 5.74) is 2.03. The van der Waals surface area contributed by atoms with Crippen LogP contribution in [0.1, 0.15) is 24.0 Å². The molecule has 1 atom stereocenters. The van der Waals surface area contributed by atoms with Crippen molar-refractivity contribution in [3.05, 3.63) is 34.1 Å². The topological polar surface area (TPSA) is 12.0 Å². The van der Waals surface area contributed by atoms with E-state index in [0.717, 1.165) is 30.5 Å². The molecule has 0 saturated carbocycles. The van der Waals surface area contributed by atoms with Crippen molar-refractivity contribution >= 4 is 11.6 Å². The fraction of sp³-hybridized carbons (Fsp3) is 0.500. The van der Waals surface area contributed by atoms with Gasteiger partial charge < -0.3 is 5.32 Å². The van der Waals surface area contributed by atoms with Crippen molar-refractivity contribution in [1.82, 2.24) is 5.32 Å². The number of aryl methyl sites for hydroxylation is 1. The molecular formula is C12H15ClFN. The minimum atomic E-state index is -0.310. The standard InChI is InChI=1S/C12H15ClFN/c1-8-4-5-11(14)12(13)10(8)7-9-3-2-6-15-9/h4-5,9,15H,2-3,6-7H2,1H3. The summed E-state index contributed by atoms with van der Waals surface area (Å²) in [6.07, 6.45) is 3.20.